The summed E-state index contributed by atoms with van der Waals surface area (Å²) in [6.07, 6.45) is 3.66. The molecule has 0 unspecified atom stereocenters. The lowest BCUT2D eigenvalue weighted by Crippen LogP contribution is -2.01. The van der Waals surface area contributed by atoms with Crippen molar-refractivity contribution in [2.24, 2.45) is 0 Å². The Morgan fingerprint density at radius 2 is 1.88 bits per heavy atom. The number of pyridine rings is 1. The molecular formula is C13H10N2O. The van der Waals surface area contributed by atoms with E-state index in [2.05, 4.69) is 9.97 Å². The molecule has 1 aromatic carbocycles. The van der Waals surface area contributed by atoms with E-state index in [0.717, 1.165) is 22.0 Å². The monoisotopic (exact) mass is 210 g/mol. The van der Waals surface area contributed by atoms with Gasteiger partial charge < -0.3 is 9.97 Å². The van der Waals surface area contributed by atoms with Gasteiger partial charge in [-0.25, -0.2) is 0 Å². The van der Waals surface area contributed by atoms with E-state index in [9.17, 15) is 4.79 Å². The molecule has 0 spiro atoms. The third kappa shape index (κ3) is 1.34. The van der Waals surface area contributed by atoms with Crippen LogP contribution in [0.2, 0.25) is 0 Å². The first kappa shape index (κ1) is 8.97. The highest BCUT2D eigenvalue weighted by molar-refractivity contribution is 5.94. The molecule has 16 heavy (non-hydrogen) atoms. The number of nitrogens with one attached hydrogen (secondary N) is 2. The summed E-state index contributed by atoms with van der Waals surface area (Å²) in [7, 11) is 0. The summed E-state index contributed by atoms with van der Waals surface area (Å²) in [6.45, 7) is 0. The fourth-order valence-corrected chi connectivity index (χ4v) is 1.92. The van der Waals surface area contributed by atoms with Crippen molar-refractivity contribution >= 4 is 10.9 Å². The average molecular weight is 210 g/mol. The number of aromatic nitrogens is 2. The molecule has 2 heterocycles. The number of hydrogen-bond donors (Lipinski definition) is 2. The first-order chi connectivity index (χ1) is 7.84. The van der Waals surface area contributed by atoms with Gasteiger partial charge in [-0.2, -0.15) is 0 Å². The van der Waals surface area contributed by atoms with Crippen molar-refractivity contribution in [3.8, 4) is 11.1 Å². The average Bonchev–Trinajstić information content (AvgIpc) is 2.78. The molecule has 0 amide bonds. The Bertz CT molecular complexity index is 674. The predicted molar refractivity (Wildman–Crippen MR) is 64.4 cm³/mol. The van der Waals surface area contributed by atoms with Crippen molar-refractivity contribution in [2.45, 2.75) is 0 Å². The van der Waals surface area contributed by atoms with Gasteiger partial charge in [-0.05, 0) is 29.3 Å². The van der Waals surface area contributed by atoms with E-state index in [1.165, 1.54) is 0 Å². The SMILES string of the molecule is O=c1ccc(-c2cccc3[nH]ccc23)c[nH]1. The van der Waals surface area contributed by atoms with E-state index in [0.29, 0.717) is 0 Å². The first-order valence-electron chi connectivity index (χ1n) is 5.10. The summed E-state index contributed by atoms with van der Waals surface area (Å²) in [5.74, 6) is 0. The molecule has 2 aromatic heterocycles. The van der Waals surface area contributed by atoms with Gasteiger partial charge in [0.2, 0.25) is 5.56 Å². The quantitative estimate of drug-likeness (QED) is 0.637. The zero-order chi connectivity index (χ0) is 11.0. The molecule has 0 saturated heterocycles. The Kier molecular flexibility index (Phi) is 1.90. The molecule has 3 rings (SSSR count). The minimum Gasteiger partial charge on any atom is -0.361 e. The molecule has 0 aliphatic heterocycles. The lowest BCUT2D eigenvalue weighted by atomic mass is 10.0. The van der Waals surface area contributed by atoms with Gasteiger partial charge >= 0.3 is 0 Å². The molecule has 78 valence electrons. The highest BCUT2D eigenvalue weighted by Gasteiger charge is 2.03. The van der Waals surface area contributed by atoms with E-state index in [1.54, 1.807) is 12.3 Å². The normalized spacial score (nSPS) is 10.8. The zero-order valence-electron chi connectivity index (χ0n) is 8.53. The molecule has 0 fully saturated rings. The van der Waals surface area contributed by atoms with Crippen molar-refractivity contribution in [1.82, 2.24) is 9.97 Å². The Morgan fingerprint density at radius 1 is 0.938 bits per heavy atom. The van der Waals surface area contributed by atoms with Crippen molar-refractivity contribution in [1.29, 1.82) is 0 Å². The minimum absolute atomic E-state index is 0.0787. The van der Waals surface area contributed by atoms with Crippen LogP contribution < -0.4 is 5.56 Å². The maximum absolute atomic E-state index is 11.0. The van der Waals surface area contributed by atoms with Gasteiger partial charge in [0.05, 0.1) is 0 Å². The van der Waals surface area contributed by atoms with E-state index < -0.39 is 0 Å². The fourth-order valence-electron chi connectivity index (χ4n) is 1.92. The van der Waals surface area contributed by atoms with Gasteiger partial charge in [0.25, 0.3) is 0 Å². The van der Waals surface area contributed by atoms with Gasteiger partial charge in [0.15, 0.2) is 0 Å². The molecule has 0 aliphatic rings. The van der Waals surface area contributed by atoms with Crippen LogP contribution in [0.3, 0.4) is 0 Å². The van der Waals surface area contributed by atoms with Gasteiger partial charge in [-0.1, -0.05) is 12.1 Å². The number of rotatable bonds is 1. The highest BCUT2D eigenvalue weighted by atomic mass is 16.1. The molecule has 2 N–H and O–H groups in total. The second-order valence-electron chi connectivity index (χ2n) is 3.69. The van der Waals surface area contributed by atoms with Crippen LogP contribution in [0.1, 0.15) is 0 Å². The van der Waals surface area contributed by atoms with E-state index in [-0.39, 0.29) is 5.56 Å². The van der Waals surface area contributed by atoms with Gasteiger partial charge in [-0.3, -0.25) is 4.79 Å². The Labute approximate surface area is 91.8 Å². The first-order valence-corrected chi connectivity index (χ1v) is 5.10. The van der Waals surface area contributed by atoms with Crippen LogP contribution in [0.5, 0.6) is 0 Å². The number of benzene rings is 1. The van der Waals surface area contributed by atoms with Crippen LogP contribution in [0.25, 0.3) is 22.0 Å². The second kappa shape index (κ2) is 3.38. The highest BCUT2D eigenvalue weighted by Crippen LogP contribution is 2.26. The maximum Gasteiger partial charge on any atom is 0.247 e. The summed E-state index contributed by atoms with van der Waals surface area (Å²) in [5.41, 5.74) is 3.16. The summed E-state index contributed by atoms with van der Waals surface area (Å²) in [6, 6.07) is 11.5. The minimum atomic E-state index is -0.0787. The van der Waals surface area contributed by atoms with E-state index >= 15 is 0 Å². The maximum atomic E-state index is 11.0. The molecule has 3 aromatic rings. The third-order valence-electron chi connectivity index (χ3n) is 2.69. The lowest BCUT2D eigenvalue weighted by molar-refractivity contribution is 1.24. The van der Waals surface area contributed by atoms with Crippen LogP contribution in [-0.4, -0.2) is 9.97 Å². The fraction of sp³-hybridized carbons (Fsp3) is 0. The molecule has 0 radical (unpaired) electrons. The van der Waals surface area contributed by atoms with Crippen LogP contribution in [0.4, 0.5) is 0 Å². The standard InChI is InChI=1S/C13H10N2O/c16-13-5-4-9(8-15-13)10-2-1-3-12-11(10)6-7-14-12/h1-8,14H,(H,15,16). The molecular weight excluding hydrogens is 200 g/mol. The van der Waals surface area contributed by atoms with Crippen molar-refractivity contribution in [3.63, 3.8) is 0 Å². The van der Waals surface area contributed by atoms with Gasteiger partial charge in [0.1, 0.15) is 0 Å². The smallest absolute Gasteiger partial charge is 0.247 e. The number of aromatic amines is 2. The Hall–Kier alpha value is -2.29. The molecule has 0 saturated carbocycles. The second-order valence-corrected chi connectivity index (χ2v) is 3.69. The number of hydrogen-bond acceptors (Lipinski definition) is 1. The summed E-state index contributed by atoms with van der Waals surface area (Å²) in [5, 5.41) is 1.16. The van der Waals surface area contributed by atoms with Crippen LogP contribution in [0.15, 0.2) is 53.6 Å². The molecule has 3 heteroatoms. The van der Waals surface area contributed by atoms with Crippen LogP contribution in [0, 0.1) is 0 Å². The van der Waals surface area contributed by atoms with Gasteiger partial charge in [-0.15, -0.1) is 0 Å². The topological polar surface area (TPSA) is 48.6 Å². The van der Waals surface area contributed by atoms with Crippen molar-refractivity contribution in [3.05, 3.63) is 59.1 Å². The largest absolute Gasteiger partial charge is 0.361 e. The van der Waals surface area contributed by atoms with Crippen LogP contribution in [-0.2, 0) is 0 Å². The number of fused-ring (bicyclic) bond motifs is 1. The third-order valence-corrected chi connectivity index (χ3v) is 2.69. The number of H-pyrrole nitrogens is 2. The van der Waals surface area contributed by atoms with E-state index in [4.69, 9.17) is 0 Å². The van der Waals surface area contributed by atoms with Crippen LogP contribution >= 0.6 is 0 Å². The lowest BCUT2D eigenvalue weighted by Gasteiger charge is -2.02. The molecule has 0 bridgehead atoms. The predicted octanol–water partition coefficient (Wildman–Crippen LogP) is 2.52. The zero-order valence-corrected chi connectivity index (χ0v) is 8.53. The molecule has 0 aliphatic carbocycles. The van der Waals surface area contributed by atoms with E-state index in [1.807, 2.05) is 36.5 Å². The van der Waals surface area contributed by atoms with Crippen molar-refractivity contribution < 1.29 is 0 Å². The molecule has 3 nitrogen and oxygen atoms in total. The summed E-state index contributed by atoms with van der Waals surface area (Å²) >= 11 is 0. The van der Waals surface area contributed by atoms with Gasteiger partial charge in [0, 0.05) is 29.4 Å². The van der Waals surface area contributed by atoms with Crippen molar-refractivity contribution in [2.75, 3.05) is 0 Å². The summed E-state index contributed by atoms with van der Waals surface area (Å²) < 4.78 is 0. The summed E-state index contributed by atoms with van der Waals surface area (Å²) in [4.78, 5) is 16.9. The Balaban J connectivity index is 2.29. The molecule has 0 atom stereocenters. The Morgan fingerprint density at radius 3 is 2.69 bits per heavy atom.